The summed E-state index contributed by atoms with van der Waals surface area (Å²) in [7, 11) is 1.21. The number of pyridine rings is 1. The molecule has 2 rings (SSSR count). The van der Waals surface area contributed by atoms with Gasteiger partial charge in [0.2, 0.25) is 0 Å². The Morgan fingerprint density at radius 2 is 2.11 bits per heavy atom. The van der Waals surface area contributed by atoms with Crippen molar-refractivity contribution in [3.63, 3.8) is 0 Å². The predicted molar refractivity (Wildman–Crippen MR) is 71.7 cm³/mol. The number of methoxy groups -OCH3 is 1. The third-order valence-corrected chi connectivity index (χ3v) is 3.46. The molecular weight excluding hydrogens is 316 g/mol. The second-order valence-electron chi connectivity index (χ2n) is 3.64. The fourth-order valence-corrected chi connectivity index (χ4v) is 2.22. The summed E-state index contributed by atoms with van der Waals surface area (Å²) >= 11 is 17.7. The van der Waals surface area contributed by atoms with Gasteiger partial charge in [-0.2, -0.15) is 0 Å². The molecule has 1 aliphatic rings. The van der Waals surface area contributed by atoms with Crippen molar-refractivity contribution in [2.45, 2.75) is 12.5 Å². The SMILES string of the molecule is COC(=O)c1nc(C2CC(Cl)=NO2)c(Cl)c(N)c1Cl. The van der Waals surface area contributed by atoms with E-state index in [0.29, 0.717) is 0 Å². The predicted octanol–water partition coefficient (Wildman–Crippen LogP) is 2.77. The number of anilines is 1. The molecule has 0 spiro atoms. The highest BCUT2D eigenvalue weighted by Gasteiger charge is 2.30. The van der Waals surface area contributed by atoms with E-state index in [9.17, 15) is 4.79 Å². The van der Waals surface area contributed by atoms with Gasteiger partial charge in [0, 0.05) is 6.42 Å². The summed E-state index contributed by atoms with van der Waals surface area (Å²) in [5.74, 6) is -0.723. The Labute approximate surface area is 123 Å². The average molecular weight is 325 g/mol. The molecule has 102 valence electrons. The van der Waals surface area contributed by atoms with Crippen LogP contribution in [0, 0.1) is 0 Å². The Balaban J connectivity index is 2.50. The summed E-state index contributed by atoms with van der Waals surface area (Å²) in [4.78, 5) is 20.7. The number of ether oxygens (including phenoxy) is 1. The summed E-state index contributed by atoms with van der Waals surface area (Å²) in [6, 6.07) is 0. The van der Waals surface area contributed by atoms with Gasteiger partial charge in [0.25, 0.3) is 0 Å². The standard InChI is InChI=1S/C10H8Cl3N3O3/c1-18-10(17)9-6(13)7(14)5(12)8(15-9)3-2-4(11)16-19-3/h3H,2H2,1H3,(H2,14,15). The molecule has 1 unspecified atom stereocenters. The molecule has 2 heterocycles. The van der Waals surface area contributed by atoms with E-state index in [2.05, 4.69) is 14.9 Å². The summed E-state index contributed by atoms with van der Waals surface area (Å²) in [5, 5.41) is 3.89. The number of hydrogen-bond acceptors (Lipinski definition) is 6. The zero-order valence-electron chi connectivity index (χ0n) is 9.61. The molecule has 1 aromatic rings. The van der Waals surface area contributed by atoms with Gasteiger partial charge in [0.15, 0.2) is 11.8 Å². The van der Waals surface area contributed by atoms with E-state index in [1.54, 1.807) is 0 Å². The van der Waals surface area contributed by atoms with Crippen LogP contribution in [0.1, 0.15) is 28.7 Å². The number of oxime groups is 1. The Hall–Kier alpha value is -1.24. The highest BCUT2D eigenvalue weighted by Crippen LogP contribution is 2.38. The van der Waals surface area contributed by atoms with Crippen molar-refractivity contribution in [2.24, 2.45) is 5.16 Å². The molecule has 0 fully saturated rings. The number of carbonyl (C=O) groups excluding carboxylic acids is 1. The number of hydrogen-bond donors (Lipinski definition) is 1. The largest absolute Gasteiger partial charge is 0.464 e. The van der Waals surface area contributed by atoms with E-state index in [1.807, 2.05) is 0 Å². The van der Waals surface area contributed by atoms with Crippen LogP contribution in [-0.4, -0.2) is 23.2 Å². The van der Waals surface area contributed by atoms with Gasteiger partial charge in [-0.15, -0.1) is 0 Å². The first kappa shape index (κ1) is 14.2. The third-order valence-electron chi connectivity index (χ3n) is 2.45. The van der Waals surface area contributed by atoms with Crippen molar-refractivity contribution in [3.05, 3.63) is 21.4 Å². The summed E-state index contributed by atoms with van der Waals surface area (Å²) < 4.78 is 4.57. The molecule has 1 aromatic heterocycles. The molecule has 0 aromatic carbocycles. The zero-order chi connectivity index (χ0) is 14.2. The van der Waals surface area contributed by atoms with Crippen molar-refractivity contribution in [2.75, 3.05) is 12.8 Å². The highest BCUT2D eigenvalue weighted by molar-refractivity contribution is 6.65. The van der Waals surface area contributed by atoms with Crippen LogP contribution in [0.4, 0.5) is 5.69 Å². The first-order valence-corrected chi connectivity index (χ1v) is 6.20. The molecule has 6 nitrogen and oxygen atoms in total. The van der Waals surface area contributed by atoms with Crippen molar-refractivity contribution in [1.82, 2.24) is 4.98 Å². The van der Waals surface area contributed by atoms with Crippen molar-refractivity contribution >= 4 is 51.6 Å². The van der Waals surface area contributed by atoms with Crippen LogP contribution < -0.4 is 5.73 Å². The molecule has 0 radical (unpaired) electrons. The molecule has 1 aliphatic heterocycles. The molecular formula is C10H8Cl3N3O3. The van der Waals surface area contributed by atoms with E-state index in [1.165, 1.54) is 7.11 Å². The van der Waals surface area contributed by atoms with Crippen LogP contribution in [0.3, 0.4) is 0 Å². The maximum atomic E-state index is 11.6. The van der Waals surface area contributed by atoms with Gasteiger partial charge in [-0.25, -0.2) is 9.78 Å². The molecule has 0 amide bonds. The van der Waals surface area contributed by atoms with E-state index >= 15 is 0 Å². The third kappa shape index (κ3) is 2.56. The van der Waals surface area contributed by atoms with Gasteiger partial charge in [-0.1, -0.05) is 40.0 Å². The smallest absolute Gasteiger partial charge is 0.358 e. The number of nitrogens with two attached hydrogens (primary N) is 1. The van der Waals surface area contributed by atoms with Crippen molar-refractivity contribution in [1.29, 1.82) is 0 Å². The lowest BCUT2D eigenvalue weighted by atomic mass is 10.1. The van der Waals surface area contributed by atoms with Crippen molar-refractivity contribution < 1.29 is 14.4 Å². The monoisotopic (exact) mass is 323 g/mol. The van der Waals surface area contributed by atoms with Crippen LogP contribution >= 0.6 is 34.8 Å². The molecule has 19 heavy (non-hydrogen) atoms. The van der Waals surface area contributed by atoms with Crippen molar-refractivity contribution in [3.8, 4) is 0 Å². The fraction of sp³-hybridized carbons (Fsp3) is 0.300. The Morgan fingerprint density at radius 3 is 2.63 bits per heavy atom. The summed E-state index contributed by atoms with van der Waals surface area (Å²) in [6.45, 7) is 0. The summed E-state index contributed by atoms with van der Waals surface area (Å²) in [6.07, 6.45) is -0.321. The molecule has 9 heteroatoms. The van der Waals surface area contributed by atoms with Gasteiger partial charge in [-0.3, -0.25) is 0 Å². The van der Waals surface area contributed by atoms with Gasteiger partial charge >= 0.3 is 5.97 Å². The van der Waals surface area contributed by atoms with Crippen LogP contribution in [0.15, 0.2) is 5.16 Å². The first-order chi connectivity index (χ1) is 8.95. The van der Waals surface area contributed by atoms with Crippen LogP contribution in [-0.2, 0) is 9.57 Å². The second-order valence-corrected chi connectivity index (χ2v) is 4.84. The number of halogens is 3. The number of nitrogens with zero attached hydrogens (tertiary/aromatic N) is 2. The lowest BCUT2D eigenvalue weighted by Crippen LogP contribution is -2.12. The number of carbonyl (C=O) groups is 1. The normalized spacial score (nSPS) is 17.9. The molecule has 0 bridgehead atoms. The van der Waals surface area contributed by atoms with E-state index < -0.39 is 12.1 Å². The number of nitrogen functional groups attached to an aromatic ring is 1. The quantitative estimate of drug-likeness (QED) is 0.845. The van der Waals surface area contributed by atoms with Gasteiger partial charge in [0.05, 0.1) is 22.8 Å². The lowest BCUT2D eigenvalue weighted by Gasteiger charge is -2.14. The Morgan fingerprint density at radius 1 is 1.42 bits per heavy atom. The van der Waals surface area contributed by atoms with Gasteiger partial charge in [0.1, 0.15) is 10.9 Å². The Bertz CT molecular complexity index is 577. The van der Waals surface area contributed by atoms with E-state index in [4.69, 9.17) is 45.4 Å². The van der Waals surface area contributed by atoms with Crippen LogP contribution in [0.5, 0.6) is 0 Å². The maximum Gasteiger partial charge on any atom is 0.358 e. The topological polar surface area (TPSA) is 86.8 Å². The molecule has 0 aliphatic carbocycles. The van der Waals surface area contributed by atoms with Gasteiger partial charge < -0.3 is 15.3 Å². The van der Waals surface area contributed by atoms with E-state index in [-0.39, 0.29) is 38.7 Å². The lowest BCUT2D eigenvalue weighted by molar-refractivity contribution is 0.0589. The first-order valence-electron chi connectivity index (χ1n) is 5.06. The Kier molecular flexibility index (Phi) is 4.03. The minimum absolute atomic E-state index is 0.0281. The second kappa shape index (κ2) is 5.40. The number of rotatable bonds is 2. The number of esters is 1. The average Bonchev–Trinajstić information content (AvgIpc) is 2.82. The molecule has 0 saturated carbocycles. The minimum Gasteiger partial charge on any atom is -0.464 e. The number of aromatic nitrogens is 1. The molecule has 1 atom stereocenters. The van der Waals surface area contributed by atoms with Crippen LogP contribution in [0.25, 0.3) is 0 Å². The van der Waals surface area contributed by atoms with E-state index in [0.717, 1.165) is 0 Å². The minimum atomic E-state index is -0.723. The molecule has 2 N–H and O–H groups in total. The zero-order valence-corrected chi connectivity index (χ0v) is 11.9. The highest BCUT2D eigenvalue weighted by atomic mass is 35.5. The fourth-order valence-electron chi connectivity index (χ4n) is 1.52. The van der Waals surface area contributed by atoms with Gasteiger partial charge in [-0.05, 0) is 0 Å². The van der Waals surface area contributed by atoms with Crippen LogP contribution in [0.2, 0.25) is 10.0 Å². The molecule has 0 saturated heterocycles. The summed E-state index contributed by atoms with van der Waals surface area (Å²) in [5.41, 5.74) is 5.88. The maximum absolute atomic E-state index is 11.6.